The molecule has 30 heavy (non-hydrogen) atoms. The van der Waals surface area contributed by atoms with Crippen LogP contribution < -0.4 is 0 Å². The Morgan fingerprint density at radius 2 is 1.43 bits per heavy atom. The van der Waals surface area contributed by atoms with Crippen LogP contribution >= 0.6 is 0 Å². The molecule has 0 saturated heterocycles. The van der Waals surface area contributed by atoms with Crippen LogP contribution in [0, 0.1) is 0 Å². The molecule has 3 nitrogen and oxygen atoms in total. The summed E-state index contributed by atoms with van der Waals surface area (Å²) in [7, 11) is 0. The fraction of sp³-hybridized carbons (Fsp3) is 0.667. The molecular weight excluding hydrogens is 370 g/mol. The lowest BCUT2D eigenvalue weighted by molar-refractivity contribution is -0.144. The number of hydrogen-bond acceptors (Lipinski definition) is 2. The number of unbranched alkanes of at least 4 members (excludes halogenated alkanes) is 10. The van der Waals surface area contributed by atoms with Crippen molar-refractivity contribution in [1.29, 1.82) is 0 Å². The average Bonchev–Trinajstić information content (AvgIpc) is 2.75. The van der Waals surface area contributed by atoms with Crippen LogP contribution in [0.3, 0.4) is 0 Å². The lowest BCUT2D eigenvalue weighted by Gasteiger charge is -2.29. The van der Waals surface area contributed by atoms with Gasteiger partial charge in [-0.3, -0.25) is 9.69 Å². The standard InChI is InChI=1S/C27H45NO2/c1-4-7-9-11-12-13-14-15-17-26(27(29)30)28(22-16-10-8-5-2)23-25-20-18-24(6-3)19-21-25/h6,18-21,26H,3-5,7-17,22-23H2,1-2H3,(H,29,30). The SMILES string of the molecule is C=Cc1ccc(CN(CCCCCC)C(CCCCCCCCCC)C(=O)O)cc1. The summed E-state index contributed by atoms with van der Waals surface area (Å²) in [6.07, 6.45) is 17.2. The quantitative estimate of drug-likeness (QED) is 0.235. The maximum atomic E-state index is 12.1. The van der Waals surface area contributed by atoms with Crippen molar-refractivity contribution in [3.63, 3.8) is 0 Å². The first-order chi connectivity index (χ1) is 14.6. The zero-order chi connectivity index (χ0) is 22.0. The van der Waals surface area contributed by atoms with Crippen LogP contribution in [0.1, 0.15) is 108 Å². The Balaban J connectivity index is 2.60. The van der Waals surface area contributed by atoms with Crippen molar-refractivity contribution in [3.05, 3.63) is 42.0 Å². The molecule has 0 heterocycles. The molecule has 1 unspecified atom stereocenters. The Labute approximate surface area is 185 Å². The lowest BCUT2D eigenvalue weighted by Crippen LogP contribution is -2.41. The summed E-state index contributed by atoms with van der Waals surface area (Å²) in [5.74, 6) is -0.670. The van der Waals surface area contributed by atoms with Crippen LogP contribution in [0.4, 0.5) is 0 Å². The maximum Gasteiger partial charge on any atom is 0.320 e. The largest absolute Gasteiger partial charge is 0.480 e. The van der Waals surface area contributed by atoms with E-state index in [4.69, 9.17) is 0 Å². The highest BCUT2D eigenvalue weighted by Gasteiger charge is 2.25. The minimum absolute atomic E-state index is 0.384. The average molecular weight is 416 g/mol. The second kappa shape index (κ2) is 17.1. The molecule has 1 aromatic rings. The summed E-state index contributed by atoms with van der Waals surface area (Å²) in [5, 5.41) is 9.95. The Bertz CT molecular complexity index is 567. The molecule has 0 saturated carbocycles. The fourth-order valence-corrected chi connectivity index (χ4v) is 4.01. The summed E-state index contributed by atoms with van der Waals surface area (Å²) in [4.78, 5) is 14.3. The van der Waals surface area contributed by atoms with Crippen molar-refractivity contribution in [2.45, 2.75) is 110 Å². The topological polar surface area (TPSA) is 40.5 Å². The fourth-order valence-electron chi connectivity index (χ4n) is 4.01. The molecule has 0 aliphatic rings. The first-order valence-electron chi connectivity index (χ1n) is 12.3. The molecule has 3 heteroatoms. The van der Waals surface area contributed by atoms with E-state index < -0.39 is 5.97 Å². The van der Waals surface area contributed by atoms with Gasteiger partial charge >= 0.3 is 5.97 Å². The van der Waals surface area contributed by atoms with Crippen molar-refractivity contribution >= 4 is 12.0 Å². The minimum Gasteiger partial charge on any atom is -0.480 e. The van der Waals surface area contributed by atoms with Gasteiger partial charge in [0.2, 0.25) is 0 Å². The number of carboxylic acids is 1. The van der Waals surface area contributed by atoms with Crippen molar-refractivity contribution in [2.75, 3.05) is 6.54 Å². The Kier molecular flexibility index (Phi) is 15.1. The van der Waals surface area contributed by atoms with E-state index in [0.29, 0.717) is 6.54 Å². The number of hydrogen-bond donors (Lipinski definition) is 1. The molecule has 0 amide bonds. The highest BCUT2D eigenvalue weighted by Crippen LogP contribution is 2.18. The molecule has 0 aliphatic carbocycles. The smallest absolute Gasteiger partial charge is 0.320 e. The van der Waals surface area contributed by atoms with Gasteiger partial charge in [0.1, 0.15) is 6.04 Å². The summed E-state index contributed by atoms with van der Waals surface area (Å²) >= 11 is 0. The van der Waals surface area contributed by atoms with Crippen LogP contribution in [0.5, 0.6) is 0 Å². The van der Waals surface area contributed by atoms with Gasteiger partial charge in [-0.2, -0.15) is 0 Å². The van der Waals surface area contributed by atoms with E-state index in [-0.39, 0.29) is 6.04 Å². The molecule has 0 fully saturated rings. The third kappa shape index (κ3) is 11.5. The number of nitrogens with zero attached hydrogens (tertiary/aromatic N) is 1. The highest BCUT2D eigenvalue weighted by atomic mass is 16.4. The molecule has 0 radical (unpaired) electrons. The number of aliphatic carboxylic acids is 1. The predicted octanol–water partition coefficient (Wildman–Crippen LogP) is 7.70. The van der Waals surface area contributed by atoms with Gasteiger partial charge in [0.05, 0.1) is 0 Å². The zero-order valence-corrected chi connectivity index (χ0v) is 19.6. The van der Waals surface area contributed by atoms with E-state index in [1.54, 1.807) is 0 Å². The first kappa shape index (κ1) is 26.4. The second-order valence-corrected chi connectivity index (χ2v) is 8.59. The Morgan fingerprint density at radius 3 is 1.97 bits per heavy atom. The van der Waals surface area contributed by atoms with Crippen LogP contribution in [-0.2, 0) is 11.3 Å². The molecule has 0 bridgehead atoms. The number of carbonyl (C=O) groups is 1. The van der Waals surface area contributed by atoms with Crippen molar-refractivity contribution in [1.82, 2.24) is 4.90 Å². The van der Waals surface area contributed by atoms with E-state index in [0.717, 1.165) is 37.8 Å². The van der Waals surface area contributed by atoms with Crippen molar-refractivity contribution in [3.8, 4) is 0 Å². The molecule has 0 spiro atoms. The molecule has 1 aromatic carbocycles. The molecule has 1 atom stereocenters. The third-order valence-electron chi connectivity index (χ3n) is 5.96. The van der Waals surface area contributed by atoms with Crippen LogP contribution in [0.25, 0.3) is 6.08 Å². The number of benzene rings is 1. The van der Waals surface area contributed by atoms with Gasteiger partial charge in [-0.15, -0.1) is 0 Å². The Morgan fingerprint density at radius 1 is 0.900 bits per heavy atom. The number of rotatable bonds is 19. The van der Waals surface area contributed by atoms with Crippen LogP contribution in [0.2, 0.25) is 0 Å². The summed E-state index contributed by atoms with van der Waals surface area (Å²) in [6, 6.07) is 7.94. The van der Waals surface area contributed by atoms with E-state index in [2.05, 4.69) is 49.6 Å². The molecule has 1 N–H and O–H groups in total. The summed E-state index contributed by atoms with van der Waals surface area (Å²) in [6.45, 7) is 9.83. The van der Waals surface area contributed by atoms with Gasteiger partial charge < -0.3 is 5.11 Å². The van der Waals surface area contributed by atoms with E-state index in [1.165, 1.54) is 63.4 Å². The van der Waals surface area contributed by atoms with Crippen molar-refractivity contribution < 1.29 is 9.90 Å². The molecule has 1 rings (SSSR count). The van der Waals surface area contributed by atoms with E-state index in [9.17, 15) is 9.90 Å². The highest BCUT2D eigenvalue weighted by molar-refractivity contribution is 5.73. The molecule has 170 valence electrons. The lowest BCUT2D eigenvalue weighted by atomic mass is 10.0. The van der Waals surface area contributed by atoms with Crippen LogP contribution in [0.15, 0.2) is 30.8 Å². The second-order valence-electron chi connectivity index (χ2n) is 8.59. The van der Waals surface area contributed by atoms with Gasteiger partial charge in [-0.05, 0) is 30.5 Å². The van der Waals surface area contributed by atoms with Gasteiger partial charge in [0.25, 0.3) is 0 Å². The molecule has 0 aliphatic heterocycles. The monoisotopic (exact) mass is 415 g/mol. The van der Waals surface area contributed by atoms with Crippen molar-refractivity contribution in [2.24, 2.45) is 0 Å². The maximum absolute atomic E-state index is 12.1. The first-order valence-corrected chi connectivity index (χ1v) is 12.3. The summed E-state index contributed by atoms with van der Waals surface area (Å²) < 4.78 is 0. The predicted molar refractivity (Wildman–Crippen MR) is 130 cm³/mol. The third-order valence-corrected chi connectivity index (χ3v) is 5.96. The normalized spacial score (nSPS) is 12.2. The van der Waals surface area contributed by atoms with Gasteiger partial charge in [0, 0.05) is 6.54 Å². The number of carboxylic acid groups (broad SMARTS) is 1. The molecule has 0 aromatic heterocycles. The van der Waals surface area contributed by atoms with Gasteiger partial charge in [-0.25, -0.2) is 0 Å². The van der Waals surface area contributed by atoms with E-state index >= 15 is 0 Å². The van der Waals surface area contributed by atoms with Crippen LogP contribution in [-0.4, -0.2) is 28.6 Å². The van der Waals surface area contributed by atoms with Gasteiger partial charge in [0.15, 0.2) is 0 Å². The molecular formula is C27H45NO2. The zero-order valence-electron chi connectivity index (χ0n) is 19.6. The minimum atomic E-state index is -0.670. The van der Waals surface area contributed by atoms with Gasteiger partial charge in [-0.1, -0.05) is 121 Å². The Hall–Kier alpha value is -1.61. The summed E-state index contributed by atoms with van der Waals surface area (Å²) in [5.41, 5.74) is 2.28. The van der Waals surface area contributed by atoms with E-state index in [1.807, 2.05) is 6.08 Å².